The summed E-state index contributed by atoms with van der Waals surface area (Å²) in [5.74, 6) is 0. The number of para-hydroxylation sites is 1. The first-order chi connectivity index (χ1) is 7.84. The Morgan fingerprint density at radius 1 is 1.12 bits per heavy atom. The highest BCUT2D eigenvalue weighted by Crippen LogP contribution is 2.28. The van der Waals surface area contributed by atoms with Crippen LogP contribution in [0.25, 0.3) is 10.9 Å². The second-order valence-corrected chi connectivity index (χ2v) is 4.49. The molecule has 2 heterocycles. The molecule has 0 bridgehead atoms. The molecule has 17 heavy (non-hydrogen) atoms. The molecule has 0 aliphatic carbocycles. The van der Waals surface area contributed by atoms with Crippen molar-refractivity contribution < 1.29 is 12.4 Å². The van der Waals surface area contributed by atoms with Crippen molar-refractivity contribution in [2.45, 2.75) is 19.8 Å². The monoisotopic (exact) mass is 247 g/mol. The fraction of sp³-hybridized carbons (Fsp3) is 0.357. The number of anilines is 1. The highest BCUT2D eigenvalue weighted by Gasteiger charge is 2.15. The first-order valence-electron chi connectivity index (χ1n) is 5.96. The minimum atomic E-state index is 0. The number of halogens is 1. The Balaban J connectivity index is 0.00000108. The number of nitrogens with zero attached hydrogens (tertiary/aromatic N) is 2. The number of benzene rings is 1. The van der Waals surface area contributed by atoms with E-state index in [4.69, 9.17) is 0 Å². The maximum atomic E-state index is 4.58. The van der Waals surface area contributed by atoms with Crippen LogP contribution in [0.2, 0.25) is 0 Å². The van der Waals surface area contributed by atoms with Crippen LogP contribution in [-0.2, 0) is 0 Å². The van der Waals surface area contributed by atoms with Gasteiger partial charge in [0.1, 0.15) is 0 Å². The third-order valence-electron chi connectivity index (χ3n) is 3.27. The van der Waals surface area contributed by atoms with Gasteiger partial charge in [0, 0.05) is 29.9 Å². The van der Waals surface area contributed by atoms with Crippen LogP contribution in [0.15, 0.2) is 30.3 Å². The van der Waals surface area contributed by atoms with Crippen molar-refractivity contribution in [2.75, 3.05) is 18.0 Å². The highest BCUT2D eigenvalue weighted by molar-refractivity contribution is 5.92. The molecule has 1 aliphatic rings. The summed E-state index contributed by atoms with van der Waals surface area (Å²) >= 11 is 0. The number of hydrogen-bond donors (Lipinski definition) is 0. The summed E-state index contributed by atoms with van der Waals surface area (Å²) in [5, 5.41) is 1.29. The minimum absolute atomic E-state index is 0. The molecule has 3 heteroatoms. The third kappa shape index (κ3) is 2.22. The Labute approximate surface area is 108 Å². The topological polar surface area (TPSA) is 16.1 Å². The zero-order chi connectivity index (χ0) is 11.0. The largest absolute Gasteiger partial charge is 1.00 e. The number of fused-ring (bicyclic) bond motifs is 1. The molecule has 1 fully saturated rings. The average molecular weight is 248 g/mol. The van der Waals surface area contributed by atoms with E-state index >= 15 is 0 Å². The van der Waals surface area contributed by atoms with Gasteiger partial charge in [0.25, 0.3) is 0 Å². The zero-order valence-electron chi connectivity index (χ0n) is 9.99. The fourth-order valence-corrected chi connectivity index (χ4v) is 2.51. The van der Waals surface area contributed by atoms with Crippen LogP contribution in [-0.4, -0.2) is 18.1 Å². The molecule has 0 radical (unpaired) electrons. The van der Waals surface area contributed by atoms with E-state index in [-0.39, 0.29) is 12.4 Å². The van der Waals surface area contributed by atoms with E-state index < -0.39 is 0 Å². The third-order valence-corrected chi connectivity index (χ3v) is 3.27. The van der Waals surface area contributed by atoms with Crippen LogP contribution in [0.5, 0.6) is 0 Å². The van der Waals surface area contributed by atoms with Crippen LogP contribution in [0.3, 0.4) is 0 Å². The average Bonchev–Trinajstić information content (AvgIpc) is 2.81. The molecule has 0 atom stereocenters. The smallest absolute Gasteiger partial charge is 0.0726 e. The van der Waals surface area contributed by atoms with Gasteiger partial charge < -0.3 is 17.3 Å². The lowest BCUT2D eigenvalue weighted by Gasteiger charge is -2.20. The zero-order valence-corrected chi connectivity index (χ0v) is 10.7. The maximum absolute atomic E-state index is 4.58. The van der Waals surface area contributed by atoms with Crippen molar-refractivity contribution in [3.63, 3.8) is 0 Å². The second-order valence-electron chi connectivity index (χ2n) is 4.49. The lowest BCUT2D eigenvalue weighted by Crippen LogP contribution is -3.00. The number of aromatic nitrogens is 1. The second kappa shape index (κ2) is 4.92. The molecule has 90 valence electrons. The Bertz CT molecular complexity index is 519. The van der Waals surface area contributed by atoms with Crippen LogP contribution in [0.4, 0.5) is 5.69 Å². The van der Waals surface area contributed by atoms with Crippen molar-refractivity contribution in [1.82, 2.24) is 4.98 Å². The van der Waals surface area contributed by atoms with Crippen LogP contribution >= 0.6 is 0 Å². The van der Waals surface area contributed by atoms with Gasteiger partial charge >= 0.3 is 0 Å². The Morgan fingerprint density at radius 3 is 2.59 bits per heavy atom. The van der Waals surface area contributed by atoms with Gasteiger partial charge in [-0.05, 0) is 31.9 Å². The van der Waals surface area contributed by atoms with Crippen LogP contribution in [0.1, 0.15) is 18.5 Å². The molecule has 0 amide bonds. The first kappa shape index (κ1) is 12.2. The molecular formula is C14H16ClN2-. The number of rotatable bonds is 1. The molecule has 1 aliphatic heterocycles. The van der Waals surface area contributed by atoms with E-state index in [9.17, 15) is 0 Å². The molecule has 2 aromatic rings. The predicted molar refractivity (Wildman–Crippen MR) is 67.9 cm³/mol. The predicted octanol–water partition coefficient (Wildman–Crippen LogP) is 0.147. The van der Waals surface area contributed by atoms with Gasteiger partial charge in [0.15, 0.2) is 0 Å². The van der Waals surface area contributed by atoms with Gasteiger partial charge in [-0.15, -0.1) is 0 Å². The standard InChI is InChI=1S/C14H16N2.ClH/c1-11-10-14(16-8-4-5-9-16)12-6-2-3-7-13(12)15-11;/h2-3,6-7,10H,4-5,8-9H2,1H3;1H/p-1. The minimum Gasteiger partial charge on any atom is -1.00 e. The molecular weight excluding hydrogens is 232 g/mol. The van der Waals surface area contributed by atoms with Crippen molar-refractivity contribution >= 4 is 16.6 Å². The van der Waals surface area contributed by atoms with Gasteiger partial charge in [-0.3, -0.25) is 4.98 Å². The fourth-order valence-electron chi connectivity index (χ4n) is 2.51. The Hall–Kier alpha value is -1.28. The van der Waals surface area contributed by atoms with Crippen LogP contribution in [0, 0.1) is 6.92 Å². The van der Waals surface area contributed by atoms with E-state index in [1.807, 2.05) is 0 Å². The van der Waals surface area contributed by atoms with E-state index in [0.29, 0.717) is 0 Å². The summed E-state index contributed by atoms with van der Waals surface area (Å²) in [7, 11) is 0. The van der Waals surface area contributed by atoms with Crippen molar-refractivity contribution in [1.29, 1.82) is 0 Å². The quantitative estimate of drug-likeness (QED) is 0.713. The number of pyridine rings is 1. The lowest BCUT2D eigenvalue weighted by molar-refractivity contribution is -0.00000333. The summed E-state index contributed by atoms with van der Waals surface area (Å²) < 4.78 is 0. The van der Waals surface area contributed by atoms with E-state index in [0.717, 1.165) is 11.2 Å². The van der Waals surface area contributed by atoms with Gasteiger partial charge in [-0.2, -0.15) is 0 Å². The molecule has 0 unspecified atom stereocenters. The van der Waals surface area contributed by atoms with Gasteiger partial charge in [0.05, 0.1) is 5.52 Å². The summed E-state index contributed by atoms with van der Waals surface area (Å²) in [5.41, 5.74) is 3.59. The van der Waals surface area contributed by atoms with Crippen LogP contribution < -0.4 is 17.3 Å². The Kier molecular flexibility index (Phi) is 3.53. The maximum Gasteiger partial charge on any atom is 0.0726 e. The number of aryl methyl sites for hydroxylation is 1. The summed E-state index contributed by atoms with van der Waals surface area (Å²) in [6.45, 7) is 4.45. The van der Waals surface area contributed by atoms with Gasteiger partial charge in [-0.25, -0.2) is 0 Å². The first-order valence-corrected chi connectivity index (χ1v) is 5.96. The van der Waals surface area contributed by atoms with Crippen molar-refractivity contribution in [2.24, 2.45) is 0 Å². The molecule has 2 nitrogen and oxygen atoms in total. The molecule has 1 aromatic carbocycles. The molecule has 0 saturated carbocycles. The molecule has 3 rings (SSSR count). The molecule has 1 aromatic heterocycles. The van der Waals surface area contributed by atoms with E-state index in [2.05, 4.69) is 47.1 Å². The Morgan fingerprint density at radius 2 is 1.82 bits per heavy atom. The highest BCUT2D eigenvalue weighted by atomic mass is 35.5. The SMILES string of the molecule is Cc1cc(N2CCCC2)c2ccccc2n1.[Cl-]. The summed E-state index contributed by atoms with van der Waals surface area (Å²) in [4.78, 5) is 7.06. The summed E-state index contributed by atoms with van der Waals surface area (Å²) in [6, 6.07) is 10.6. The lowest BCUT2D eigenvalue weighted by atomic mass is 10.1. The van der Waals surface area contributed by atoms with Crippen molar-refractivity contribution in [3.8, 4) is 0 Å². The molecule has 1 saturated heterocycles. The molecule has 0 N–H and O–H groups in total. The number of hydrogen-bond acceptors (Lipinski definition) is 2. The van der Waals surface area contributed by atoms with Gasteiger partial charge in [-0.1, -0.05) is 18.2 Å². The summed E-state index contributed by atoms with van der Waals surface area (Å²) in [6.07, 6.45) is 2.63. The van der Waals surface area contributed by atoms with Crippen molar-refractivity contribution in [3.05, 3.63) is 36.0 Å². The van der Waals surface area contributed by atoms with Gasteiger partial charge in [0.2, 0.25) is 0 Å². The van der Waals surface area contributed by atoms with E-state index in [1.165, 1.54) is 37.0 Å². The molecule has 0 spiro atoms. The normalized spacial score (nSPS) is 15.0. The van der Waals surface area contributed by atoms with E-state index in [1.54, 1.807) is 0 Å².